The highest BCUT2D eigenvalue weighted by molar-refractivity contribution is 6.06. The number of hydrogen-bond donors (Lipinski definition) is 2. The molecule has 2 N–H and O–H groups in total. The van der Waals surface area contributed by atoms with Gasteiger partial charge in [0.1, 0.15) is 12.4 Å². The minimum atomic E-state index is -1.14. The van der Waals surface area contributed by atoms with Gasteiger partial charge >= 0.3 is 5.97 Å². The Hall–Kier alpha value is -2.55. The van der Waals surface area contributed by atoms with E-state index in [1.165, 1.54) is 16.6 Å². The van der Waals surface area contributed by atoms with Crippen molar-refractivity contribution in [3.63, 3.8) is 0 Å². The van der Waals surface area contributed by atoms with Gasteiger partial charge in [-0.05, 0) is 121 Å². The highest BCUT2D eigenvalue weighted by atomic mass is 16.6. The molecule has 0 amide bonds. The highest BCUT2D eigenvalue weighted by Gasteiger charge is 2.72. The Morgan fingerprint density at radius 3 is 2.47 bits per heavy atom. The largest absolute Gasteiger partial charge is 0.461 e. The van der Waals surface area contributed by atoms with Crippen LogP contribution >= 0.6 is 0 Å². The molecule has 6 aliphatic rings. The van der Waals surface area contributed by atoms with Gasteiger partial charge in [-0.1, -0.05) is 20.8 Å². The molecular weight excluding hydrogens is 618 g/mol. The van der Waals surface area contributed by atoms with E-state index in [4.69, 9.17) is 14.2 Å². The predicted molar refractivity (Wildman–Crippen MR) is 185 cm³/mol. The van der Waals surface area contributed by atoms with Crippen molar-refractivity contribution < 1.29 is 33.7 Å². The van der Waals surface area contributed by atoms with Gasteiger partial charge in [0.25, 0.3) is 0 Å². The summed E-state index contributed by atoms with van der Waals surface area (Å²) >= 11 is 0. The Morgan fingerprint density at radius 2 is 1.80 bits per heavy atom. The van der Waals surface area contributed by atoms with E-state index in [1.807, 2.05) is 6.07 Å². The minimum Gasteiger partial charge on any atom is -0.461 e. The van der Waals surface area contributed by atoms with E-state index < -0.39 is 40.5 Å². The van der Waals surface area contributed by atoms with Gasteiger partial charge in [-0.25, -0.2) is 0 Å². The SMILES string of the molecule is CCC(=O)OC1CC(C(C)(C)O)OC2CCC3(C)C(CCC4Cc5c([nH]c6ccc7c(c56)CC5C(C7=O)C(C)(C)OC5(C)C)C43C)C12C=O. The lowest BCUT2D eigenvalue weighted by Crippen LogP contribution is -2.70. The van der Waals surface area contributed by atoms with E-state index >= 15 is 0 Å². The molecule has 266 valence electrons. The summed E-state index contributed by atoms with van der Waals surface area (Å²) in [6, 6.07) is 4.14. The van der Waals surface area contributed by atoms with Crippen molar-refractivity contribution in [3.05, 3.63) is 34.5 Å². The number of aromatic nitrogens is 1. The fraction of sp³-hybridized carbons (Fsp3) is 0.732. The molecule has 2 saturated carbocycles. The van der Waals surface area contributed by atoms with E-state index in [1.54, 1.807) is 20.8 Å². The monoisotopic (exact) mass is 673 g/mol. The van der Waals surface area contributed by atoms with Crippen molar-refractivity contribution in [1.29, 1.82) is 0 Å². The normalized spacial score (nSPS) is 41.6. The van der Waals surface area contributed by atoms with Gasteiger partial charge in [-0.15, -0.1) is 0 Å². The van der Waals surface area contributed by atoms with Crippen LogP contribution in [0.5, 0.6) is 0 Å². The number of aldehydes is 1. The van der Waals surface area contributed by atoms with Gasteiger partial charge in [-0.3, -0.25) is 9.59 Å². The molecule has 0 bridgehead atoms. The topological polar surface area (TPSA) is 115 Å². The molecular formula is C41H55NO7. The maximum Gasteiger partial charge on any atom is 0.305 e. The van der Waals surface area contributed by atoms with Crippen LogP contribution in [0.1, 0.15) is 128 Å². The first-order chi connectivity index (χ1) is 22.8. The zero-order valence-electron chi connectivity index (χ0n) is 30.8. The smallest absolute Gasteiger partial charge is 0.305 e. The molecule has 2 saturated heterocycles. The summed E-state index contributed by atoms with van der Waals surface area (Å²) in [6.07, 6.45) is 4.95. The molecule has 8 nitrogen and oxygen atoms in total. The fourth-order valence-corrected chi connectivity index (χ4v) is 12.8. The Bertz CT molecular complexity index is 1760. The zero-order valence-corrected chi connectivity index (χ0v) is 30.8. The van der Waals surface area contributed by atoms with Crippen LogP contribution in [0.3, 0.4) is 0 Å². The molecule has 2 aliphatic heterocycles. The average molecular weight is 674 g/mol. The third-order valence-corrected chi connectivity index (χ3v) is 15.2. The van der Waals surface area contributed by atoms with Gasteiger partial charge in [0, 0.05) is 46.3 Å². The van der Waals surface area contributed by atoms with E-state index in [0.29, 0.717) is 12.3 Å². The number of benzene rings is 1. The Balaban J connectivity index is 1.25. The molecule has 1 aromatic carbocycles. The molecule has 0 spiro atoms. The maximum atomic E-state index is 14.2. The number of carbonyl (C=O) groups excluding carboxylic acids is 3. The van der Waals surface area contributed by atoms with Crippen LogP contribution in [0.15, 0.2) is 12.1 Å². The van der Waals surface area contributed by atoms with E-state index in [9.17, 15) is 19.5 Å². The quantitative estimate of drug-likeness (QED) is 0.271. The molecule has 3 heterocycles. The number of carbonyl (C=O) groups is 3. The van der Waals surface area contributed by atoms with Crippen LogP contribution in [0.4, 0.5) is 0 Å². The second-order valence-corrected chi connectivity index (χ2v) is 18.6. The van der Waals surface area contributed by atoms with Crippen molar-refractivity contribution in [3.8, 4) is 0 Å². The summed E-state index contributed by atoms with van der Waals surface area (Å²) < 4.78 is 19.4. The lowest BCUT2D eigenvalue weighted by molar-refractivity contribution is -0.275. The second-order valence-electron chi connectivity index (χ2n) is 18.6. The fourth-order valence-electron chi connectivity index (χ4n) is 12.8. The first-order valence-electron chi connectivity index (χ1n) is 18.8. The van der Waals surface area contributed by atoms with Gasteiger partial charge < -0.3 is 29.1 Å². The van der Waals surface area contributed by atoms with Crippen molar-refractivity contribution in [1.82, 2.24) is 4.98 Å². The molecule has 4 fully saturated rings. The van der Waals surface area contributed by atoms with Crippen molar-refractivity contribution >= 4 is 28.9 Å². The van der Waals surface area contributed by atoms with E-state index in [0.717, 1.165) is 55.0 Å². The summed E-state index contributed by atoms with van der Waals surface area (Å²) in [4.78, 5) is 44.8. The molecule has 2 aromatic rings. The van der Waals surface area contributed by atoms with Crippen molar-refractivity contribution in [2.75, 3.05) is 0 Å². The Kier molecular flexibility index (Phi) is 7.05. The molecule has 10 unspecified atom stereocenters. The summed E-state index contributed by atoms with van der Waals surface area (Å²) in [5.41, 5.74) is 2.02. The zero-order chi connectivity index (χ0) is 35.3. The van der Waals surface area contributed by atoms with Crippen LogP contribution < -0.4 is 0 Å². The lowest BCUT2D eigenvalue weighted by Gasteiger charge is -2.67. The van der Waals surface area contributed by atoms with E-state index in [-0.39, 0.29) is 53.2 Å². The second kappa shape index (κ2) is 10.3. The Morgan fingerprint density at radius 1 is 1.06 bits per heavy atom. The van der Waals surface area contributed by atoms with Gasteiger partial charge in [0.2, 0.25) is 0 Å². The number of aliphatic hydroxyl groups is 1. The lowest BCUT2D eigenvalue weighted by atomic mass is 9.39. The van der Waals surface area contributed by atoms with Crippen LogP contribution in [0.25, 0.3) is 10.9 Å². The molecule has 4 aliphatic carbocycles. The number of ketones is 1. The standard InChI is InChI=1S/C41H55NO7/c1-10-31(44)48-30-19-29(36(2,3)46)47-28-15-16-39(8)27(41(28,30)20-43)14-11-21-17-24-32-23-18-25-33(38(6,7)49-37(25,4)5)34(45)22(23)12-13-26(32)42-35(24)40(21,39)9/h12-13,20-21,25,27-30,33,42,46H,10-11,14-19H2,1-9H3. The highest BCUT2D eigenvalue weighted by Crippen LogP contribution is 2.71. The number of Topliss-reactive ketones (excluding diaryl/α,β-unsaturated/α-hetero) is 1. The number of rotatable bonds is 4. The summed E-state index contributed by atoms with van der Waals surface area (Å²) in [6.45, 7) is 18.4. The molecule has 49 heavy (non-hydrogen) atoms. The number of aromatic amines is 1. The van der Waals surface area contributed by atoms with Crippen LogP contribution in [-0.4, -0.2) is 63.2 Å². The summed E-state index contributed by atoms with van der Waals surface area (Å²) in [5.74, 6) is 0.0999. The number of hydrogen-bond acceptors (Lipinski definition) is 7. The Labute approximate surface area is 290 Å². The first-order valence-corrected chi connectivity index (χ1v) is 18.8. The third-order valence-electron chi connectivity index (χ3n) is 15.2. The van der Waals surface area contributed by atoms with E-state index in [2.05, 4.69) is 52.6 Å². The van der Waals surface area contributed by atoms with Gasteiger partial charge in [0.05, 0.1) is 40.3 Å². The molecule has 10 atom stereocenters. The number of ether oxygens (including phenoxy) is 3. The number of fused-ring (bicyclic) bond motifs is 12. The average Bonchev–Trinajstić information content (AvgIpc) is 3.60. The maximum absolute atomic E-state index is 14.2. The summed E-state index contributed by atoms with van der Waals surface area (Å²) in [5, 5.41) is 12.3. The number of esters is 1. The van der Waals surface area contributed by atoms with Gasteiger partial charge in [-0.2, -0.15) is 0 Å². The number of H-pyrrole nitrogens is 1. The predicted octanol–water partition coefficient (Wildman–Crippen LogP) is 6.80. The van der Waals surface area contributed by atoms with Crippen LogP contribution in [0, 0.1) is 34.5 Å². The van der Waals surface area contributed by atoms with Crippen molar-refractivity contribution in [2.45, 2.75) is 154 Å². The molecule has 8 rings (SSSR count). The molecule has 8 heteroatoms. The third kappa shape index (κ3) is 4.17. The van der Waals surface area contributed by atoms with Crippen molar-refractivity contribution in [2.24, 2.45) is 34.5 Å². The molecule has 0 radical (unpaired) electrons. The first kappa shape index (κ1) is 33.6. The number of nitrogens with one attached hydrogen (secondary N) is 1. The van der Waals surface area contributed by atoms with Crippen LogP contribution in [-0.2, 0) is 42.1 Å². The molecule has 1 aromatic heterocycles. The minimum absolute atomic E-state index is 0.0813. The van der Waals surface area contributed by atoms with Crippen LogP contribution in [0.2, 0.25) is 0 Å². The van der Waals surface area contributed by atoms with Gasteiger partial charge in [0.15, 0.2) is 5.78 Å². The summed E-state index contributed by atoms with van der Waals surface area (Å²) in [7, 11) is 0.